The molecule has 7 nitrogen and oxygen atoms in total. The first-order valence-electron chi connectivity index (χ1n) is 7.26. The maximum absolute atomic E-state index is 12.0. The summed E-state index contributed by atoms with van der Waals surface area (Å²) in [6.45, 7) is 2.84. The number of nitrogens with one attached hydrogen (secondary N) is 1. The molecule has 0 radical (unpaired) electrons. The van der Waals surface area contributed by atoms with Crippen molar-refractivity contribution in [1.82, 2.24) is 0 Å². The molecule has 0 heterocycles. The molecule has 130 valence electrons. The summed E-state index contributed by atoms with van der Waals surface area (Å²) in [5, 5.41) is 13.8. The molecule has 0 atom stereocenters. The third kappa shape index (κ3) is 4.77. The van der Waals surface area contributed by atoms with E-state index in [1.54, 1.807) is 25.1 Å². The Balaban J connectivity index is 1.97. The number of aryl methyl sites for hydroxylation is 2. The molecular formula is C17H15ClN2O5. The molecule has 0 spiro atoms. The average molecular weight is 363 g/mol. The van der Waals surface area contributed by atoms with Gasteiger partial charge < -0.3 is 10.1 Å². The second-order valence-electron chi connectivity index (χ2n) is 5.34. The van der Waals surface area contributed by atoms with Crippen molar-refractivity contribution in [3.63, 3.8) is 0 Å². The third-order valence-electron chi connectivity index (χ3n) is 3.44. The Morgan fingerprint density at radius 1 is 1.16 bits per heavy atom. The first kappa shape index (κ1) is 18.4. The zero-order valence-corrected chi connectivity index (χ0v) is 14.3. The summed E-state index contributed by atoms with van der Waals surface area (Å²) >= 11 is 5.87. The van der Waals surface area contributed by atoms with Crippen LogP contribution >= 0.6 is 11.6 Å². The fourth-order valence-electron chi connectivity index (χ4n) is 2.12. The van der Waals surface area contributed by atoms with Crippen LogP contribution in [0.25, 0.3) is 0 Å². The van der Waals surface area contributed by atoms with Crippen LogP contribution in [-0.2, 0) is 9.53 Å². The fraction of sp³-hybridized carbons (Fsp3) is 0.176. The minimum Gasteiger partial charge on any atom is -0.452 e. The van der Waals surface area contributed by atoms with Crippen LogP contribution in [0.15, 0.2) is 36.4 Å². The number of ether oxygens (including phenoxy) is 1. The van der Waals surface area contributed by atoms with Crippen LogP contribution in [0.2, 0.25) is 5.02 Å². The van der Waals surface area contributed by atoms with Gasteiger partial charge in [0.05, 0.1) is 10.5 Å². The van der Waals surface area contributed by atoms with Crippen molar-refractivity contribution in [3.05, 3.63) is 68.2 Å². The molecule has 0 aliphatic carbocycles. The van der Waals surface area contributed by atoms with E-state index in [0.717, 1.165) is 5.56 Å². The monoisotopic (exact) mass is 362 g/mol. The van der Waals surface area contributed by atoms with E-state index in [1.165, 1.54) is 25.1 Å². The molecular weight excluding hydrogens is 348 g/mol. The molecule has 2 rings (SSSR count). The van der Waals surface area contributed by atoms with Crippen LogP contribution in [0.1, 0.15) is 21.5 Å². The highest BCUT2D eigenvalue weighted by molar-refractivity contribution is 6.31. The van der Waals surface area contributed by atoms with Crippen molar-refractivity contribution in [2.75, 3.05) is 11.9 Å². The maximum atomic E-state index is 12.0. The molecule has 0 unspecified atom stereocenters. The molecule has 8 heteroatoms. The summed E-state index contributed by atoms with van der Waals surface area (Å²) in [5.74, 6) is -1.26. The van der Waals surface area contributed by atoms with Gasteiger partial charge in [-0.1, -0.05) is 17.7 Å². The molecule has 0 bridgehead atoms. The Morgan fingerprint density at radius 3 is 2.52 bits per heavy atom. The number of esters is 1. The first-order valence-corrected chi connectivity index (χ1v) is 7.64. The number of nitro benzene ring substituents is 1. The highest BCUT2D eigenvalue weighted by atomic mass is 35.5. The van der Waals surface area contributed by atoms with Crippen LogP contribution in [0.5, 0.6) is 0 Å². The smallest absolute Gasteiger partial charge is 0.338 e. The standard InChI is InChI=1S/C17H15ClN2O5/c1-10-3-5-13(18)8-14(10)19-16(21)9-25-17(22)12-4-6-15(20(23)24)11(2)7-12/h3-8H,9H2,1-2H3,(H,19,21). The van der Waals surface area contributed by atoms with Crippen molar-refractivity contribution < 1.29 is 19.2 Å². The van der Waals surface area contributed by atoms with E-state index < -0.39 is 23.4 Å². The summed E-state index contributed by atoms with van der Waals surface area (Å²) in [4.78, 5) is 34.1. The Kier molecular flexibility index (Phi) is 5.71. The number of amides is 1. The number of rotatable bonds is 5. The number of halogens is 1. The number of anilines is 1. The van der Waals surface area contributed by atoms with Crippen molar-refractivity contribution in [2.45, 2.75) is 13.8 Å². The summed E-state index contributed by atoms with van der Waals surface area (Å²) in [7, 11) is 0. The van der Waals surface area contributed by atoms with Gasteiger partial charge in [0, 0.05) is 22.3 Å². The summed E-state index contributed by atoms with van der Waals surface area (Å²) in [6.07, 6.45) is 0. The van der Waals surface area contributed by atoms with E-state index in [2.05, 4.69) is 5.32 Å². The number of benzene rings is 2. The van der Waals surface area contributed by atoms with Crippen LogP contribution in [0.4, 0.5) is 11.4 Å². The van der Waals surface area contributed by atoms with Crippen molar-refractivity contribution >= 4 is 34.9 Å². The number of hydrogen-bond acceptors (Lipinski definition) is 5. The normalized spacial score (nSPS) is 10.2. The van der Waals surface area contributed by atoms with E-state index in [0.29, 0.717) is 16.3 Å². The quantitative estimate of drug-likeness (QED) is 0.497. The van der Waals surface area contributed by atoms with Gasteiger partial charge in [0.1, 0.15) is 0 Å². The molecule has 2 aromatic carbocycles. The minimum absolute atomic E-state index is 0.0919. The second-order valence-corrected chi connectivity index (χ2v) is 5.78. The van der Waals surface area contributed by atoms with Crippen LogP contribution < -0.4 is 5.32 Å². The van der Waals surface area contributed by atoms with Crippen LogP contribution in [0, 0.1) is 24.0 Å². The van der Waals surface area contributed by atoms with E-state index >= 15 is 0 Å². The average Bonchev–Trinajstić information content (AvgIpc) is 2.55. The Bertz CT molecular complexity index is 851. The lowest BCUT2D eigenvalue weighted by atomic mass is 10.1. The molecule has 0 aliphatic heterocycles. The number of hydrogen-bond donors (Lipinski definition) is 1. The van der Waals surface area contributed by atoms with Crippen LogP contribution in [-0.4, -0.2) is 23.4 Å². The van der Waals surface area contributed by atoms with Gasteiger partial charge in [-0.2, -0.15) is 0 Å². The SMILES string of the molecule is Cc1ccc(Cl)cc1NC(=O)COC(=O)c1ccc([N+](=O)[O-])c(C)c1. The largest absolute Gasteiger partial charge is 0.452 e. The van der Waals surface area contributed by atoms with Gasteiger partial charge in [0.2, 0.25) is 0 Å². The number of nitro groups is 1. The zero-order chi connectivity index (χ0) is 18.6. The lowest BCUT2D eigenvalue weighted by Gasteiger charge is -2.09. The first-order chi connectivity index (χ1) is 11.8. The lowest BCUT2D eigenvalue weighted by Crippen LogP contribution is -2.21. The van der Waals surface area contributed by atoms with Crippen molar-refractivity contribution in [2.24, 2.45) is 0 Å². The Morgan fingerprint density at radius 2 is 1.88 bits per heavy atom. The highest BCUT2D eigenvalue weighted by Crippen LogP contribution is 2.21. The predicted molar refractivity (Wildman–Crippen MR) is 92.9 cm³/mol. The van der Waals surface area contributed by atoms with Gasteiger partial charge >= 0.3 is 5.97 Å². The minimum atomic E-state index is -0.740. The van der Waals surface area contributed by atoms with E-state index in [1.807, 2.05) is 0 Å². The van der Waals surface area contributed by atoms with Gasteiger partial charge in [-0.3, -0.25) is 14.9 Å². The second kappa shape index (κ2) is 7.76. The van der Waals surface area contributed by atoms with Crippen molar-refractivity contribution in [3.8, 4) is 0 Å². The molecule has 1 amide bonds. The topological polar surface area (TPSA) is 98.5 Å². The molecule has 2 aromatic rings. The van der Waals surface area contributed by atoms with E-state index in [9.17, 15) is 19.7 Å². The summed E-state index contributed by atoms with van der Waals surface area (Å²) in [6, 6.07) is 8.90. The zero-order valence-electron chi connectivity index (χ0n) is 13.5. The Labute approximate surface area is 148 Å². The molecule has 0 fully saturated rings. The number of nitrogens with zero attached hydrogens (tertiary/aromatic N) is 1. The highest BCUT2D eigenvalue weighted by Gasteiger charge is 2.16. The van der Waals surface area contributed by atoms with Crippen molar-refractivity contribution in [1.29, 1.82) is 0 Å². The molecule has 0 saturated carbocycles. The molecule has 0 saturated heterocycles. The lowest BCUT2D eigenvalue weighted by molar-refractivity contribution is -0.385. The van der Waals surface area contributed by atoms with E-state index in [4.69, 9.17) is 16.3 Å². The molecule has 0 aliphatic rings. The molecule has 0 aromatic heterocycles. The predicted octanol–water partition coefficient (Wildman–Crippen LogP) is 3.66. The van der Waals surface area contributed by atoms with Gasteiger partial charge in [-0.25, -0.2) is 4.79 Å². The van der Waals surface area contributed by atoms with E-state index in [-0.39, 0.29) is 11.3 Å². The van der Waals surface area contributed by atoms with Gasteiger partial charge in [-0.15, -0.1) is 0 Å². The van der Waals surface area contributed by atoms with Crippen LogP contribution in [0.3, 0.4) is 0 Å². The number of carbonyl (C=O) groups is 2. The van der Waals surface area contributed by atoms with Gasteiger partial charge in [-0.05, 0) is 43.7 Å². The summed E-state index contributed by atoms with van der Waals surface area (Å²) in [5.41, 5.74) is 1.72. The Hall–Kier alpha value is -2.93. The maximum Gasteiger partial charge on any atom is 0.338 e. The third-order valence-corrected chi connectivity index (χ3v) is 3.67. The number of carbonyl (C=O) groups excluding carboxylic acids is 2. The van der Waals surface area contributed by atoms with Gasteiger partial charge in [0.25, 0.3) is 11.6 Å². The molecule has 1 N–H and O–H groups in total. The van der Waals surface area contributed by atoms with Gasteiger partial charge in [0.15, 0.2) is 6.61 Å². The fourth-order valence-corrected chi connectivity index (χ4v) is 2.29. The molecule has 25 heavy (non-hydrogen) atoms. The summed E-state index contributed by atoms with van der Waals surface area (Å²) < 4.78 is 4.93.